The molecule has 0 saturated heterocycles. The molecule has 126 valence electrons. The monoisotopic (exact) mass is 334 g/mol. The summed E-state index contributed by atoms with van der Waals surface area (Å²) < 4.78 is 6.75. The molecule has 3 aromatic heterocycles. The number of nitriles is 1. The van der Waals surface area contributed by atoms with Crippen molar-refractivity contribution in [2.24, 2.45) is 0 Å². The number of nitrogens with zero attached hydrogens (tertiary/aromatic N) is 4. The Bertz CT molecular complexity index is 974. The van der Waals surface area contributed by atoms with Gasteiger partial charge in [0, 0.05) is 24.6 Å². The van der Waals surface area contributed by atoms with E-state index in [2.05, 4.69) is 9.97 Å². The molecule has 0 amide bonds. The second-order valence-electron chi connectivity index (χ2n) is 5.68. The quantitative estimate of drug-likeness (QED) is 0.647. The number of rotatable bonds is 6. The van der Waals surface area contributed by atoms with E-state index >= 15 is 0 Å². The van der Waals surface area contributed by atoms with E-state index in [4.69, 9.17) is 10.00 Å². The van der Waals surface area contributed by atoms with Crippen LogP contribution in [0.15, 0.2) is 47.5 Å². The molecule has 0 saturated carbocycles. The van der Waals surface area contributed by atoms with Crippen molar-refractivity contribution in [1.29, 1.82) is 5.26 Å². The number of aromatic nitrogens is 3. The predicted molar refractivity (Wildman–Crippen MR) is 94.4 cm³/mol. The van der Waals surface area contributed by atoms with Crippen LogP contribution in [0, 0.1) is 11.3 Å². The molecule has 0 aliphatic rings. The van der Waals surface area contributed by atoms with Crippen LogP contribution in [0.25, 0.3) is 10.9 Å². The third-order valence-electron chi connectivity index (χ3n) is 4.04. The number of ether oxygens (including phenoxy) is 1. The Hall–Kier alpha value is -3.20. The van der Waals surface area contributed by atoms with Crippen LogP contribution in [-0.4, -0.2) is 21.6 Å². The smallest absolute Gasteiger partial charge is 0.260 e. The van der Waals surface area contributed by atoms with Crippen LogP contribution < -0.4 is 10.3 Å². The van der Waals surface area contributed by atoms with Crippen LogP contribution in [0.2, 0.25) is 0 Å². The molecular formula is C19H18N4O2. The maximum Gasteiger partial charge on any atom is 0.260 e. The fraction of sp³-hybridized carbons (Fsp3) is 0.263. The topological polar surface area (TPSA) is 80.8 Å². The summed E-state index contributed by atoms with van der Waals surface area (Å²) in [6.45, 7) is 0.621. The lowest BCUT2D eigenvalue weighted by atomic mass is 10.1. The van der Waals surface area contributed by atoms with Crippen LogP contribution in [0.3, 0.4) is 0 Å². The standard InChI is InChI=1S/C19H18N4O2/c1-25-18-14(13-20)12-16-17(22-18)8-11-23(19(16)24)10-5-3-7-15-6-2-4-9-21-15/h2,4,6,8-9,11-12H,3,5,7,10H2,1H3. The third kappa shape index (κ3) is 3.66. The lowest BCUT2D eigenvalue weighted by Crippen LogP contribution is -2.20. The minimum atomic E-state index is -0.137. The van der Waals surface area contributed by atoms with Crippen molar-refractivity contribution in [2.45, 2.75) is 25.8 Å². The minimum Gasteiger partial charge on any atom is -0.480 e. The van der Waals surface area contributed by atoms with Crippen molar-refractivity contribution in [3.05, 3.63) is 64.3 Å². The highest BCUT2D eigenvalue weighted by atomic mass is 16.5. The van der Waals surface area contributed by atoms with Crippen molar-refractivity contribution in [2.75, 3.05) is 7.11 Å². The van der Waals surface area contributed by atoms with Gasteiger partial charge in [0.05, 0.1) is 18.0 Å². The van der Waals surface area contributed by atoms with Gasteiger partial charge in [-0.05, 0) is 43.5 Å². The van der Waals surface area contributed by atoms with Crippen molar-refractivity contribution < 1.29 is 4.74 Å². The van der Waals surface area contributed by atoms with Gasteiger partial charge in [0.1, 0.15) is 11.6 Å². The van der Waals surface area contributed by atoms with Crippen molar-refractivity contribution in [3.8, 4) is 11.9 Å². The van der Waals surface area contributed by atoms with E-state index in [9.17, 15) is 4.79 Å². The van der Waals surface area contributed by atoms with E-state index in [-0.39, 0.29) is 17.0 Å². The van der Waals surface area contributed by atoms with Gasteiger partial charge in [0.15, 0.2) is 0 Å². The molecular weight excluding hydrogens is 316 g/mol. The summed E-state index contributed by atoms with van der Waals surface area (Å²) >= 11 is 0. The van der Waals surface area contributed by atoms with Gasteiger partial charge in [0.25, 0.3) is 5.56 Å². The molecule has 0 radical (unpaired) electrons. The first-order valence-electron chi connectivity index (χ1n) is 8.11. The Balaban J connectivity index is 1.75. The number of fused-ring (bicyclic) bond motifs is 1. The zero-order valence-corrected chi connectivity index (χ0v) is 14.0. The summed E-state index contributed by atoms with van der Waals surface area (Å²) in [7, 11) is 1.46. The zero-order chi connectivity index (χ0) is 17.6. The number of hydrogen-bond donors (Lipinski definition) is 0. The SMILES string of the molecule is COc1nc2ccn(CCCCc3ccccn3)c(=O)c2cc1C#N. The molecule has 0 unspecified atom stereocenters. The third-order valence-corrected chi connectivity index (χ3v) is 4.04. The number of unbranched alkanes of at least 4 members (excludes halogenated alkanes) is 1. The van der Waals surface area contributed by atoms with Crippen molar-refractivity contribution in [3.63, 3.8) is 0 Å². The molecule has 6 heteroatoms. The number of pyridine rings is 3. The maximum absolute atomic E-state index is 12.6. The molecule has 3 rings (SSSR count). The van der Waals surface area contributed by atoms with Gasteiger partial charge in [-0.2, -0.15) is 5.26 Å². The molecule has 0 aromatic carbocycles. The fourth-order valence-electron chi connectivity index (χ4n) is 2.74. The molecule has 25 heavy (non-hydrogen) atoms. The van der Waals surface area contributed by atoms with Gasteiger partial charge in [-0.25, -0.2) is 4.98 Å². The molecule has 0 fully saturated rings. The summed E-state index contributed by atoms with van der Waals surface area (Å²) in [5.41, 5.74) is 1.72. The van der Waals surface area contributed by atoms with Gasteiger partial charge >= 0.3 is 0 Å². The van der Waals surface area contributed by atoms with Gasteiger partial charge in [-0.15, -0.1) is 0 Å². The van der Waals surface area contributed by atoms with Crippen LogP contribution in [0.1, 0.15) is 24.1 Å². The lowest BCUT2D eigenvalue weighted by Gasteiger charge is -2.08. The van der Waals surface area contributed by atoms with Gasteiger partial charge < -0.3 is 9.30 Å². The van der Waals surface area contributed by atoms with E-state index in [1.54, 1.807) is 29.1 Å². The second kappa shape index (κ2) is 7.58. The van der Waals surface area contributed by atoms with Crippen LogP contribution >= 0.6 is 0 Å². The first-order valence-corrected chi connectivity index (χ1v) is 8.11. The Morgan fingerprint density at radius 3 is 2.88 bits per heavy atom. The van der Waals surface area contributed by atoms with Gasteiger partial charge in [-0.1, -0.05) is 6.07 Å². The molecule has 3 heterocycles. The van der Waals surface area contributed by atoms with E-state index in [0.29, 0.717) is 17.4 Å². The molecule has 0 aliphatic heterocycles. The average Bonchev–Trinajstić information content (AvgIpc) is 2.66. The van der Waals surface area contributed by atoms with Crippen molar-refractivity contribution in [1.82, 2.24) is 14.5 Å². The predicted octanol–water partition coefficient (Wildman–Crippen LogP) is 2.69. The molecule has 0 atom stereocenters. The molecule has 3 aromatic rings. The Morgan fingerprint density at radius 1 is 1.28 bits per heavy atom. The first-order chi connectivity index (χ1) is 12.2. The number of methoxy groups -OCH3 is 1. The minimum absolute atomic E-state index is 0.137. The maximum atomic E-state index is 12.6. The van der Waals surface area contributed by atoms with E-state index in [1.165, 1.54) is 7.11 Å². The van der Waals surface area contributed by atoms with Crippen LogP contribution in [-0.2, 0) is 13.0 Å². The second-order valence-corrected chi connectivity index (χ2v) is 5.68. The van der Waals surface area contributed by atoms with Crippen LogP contribution in [0.5, 0.6) is 5.88 Å². The Kier molecular flexibility index (Phi) is 5.05. The molecule has 0 N–H and O–H groups in total. The molecule has 0 bridgehead atoms. The van der Waals surface area contributed by atoms with E-state index in [0.717, 1.165) is 25.0 Å². The summed E-state index contributed by atoms with van der Waals surface area (Å²) in [5, 5.41) is 9.60. The normalized spacial score (nSPS) is 10.6. The van der Waals surface area contributed by atoms with Crippen LogP contribution in [0.4, 0.5) is 0 Å². The summed E-state index contributed by atoms with van der Waals surface area (Å²) in [5.74, 6) is 0.238. The molecule has 0 spiro atoms. The number of aryl methyl sites for hydroxylation is 2. The van der Waals surface area contributed by atoms with Crippen molar-refractivity contribution >= 4 is 10.9 Å². The Morgan fingerprint density at radius 2 is 2.16 bits per heavy atom. The van der Waals surface area contributed by atoms with E-state index in [1.807, 2.05) is 24.3 Å². The Labute approximate surface area is 145 Å². The highest BCUT2D eigenvalue weighted by molar-refractivity contribution is 5.79. The largest absolute Gasteiger partial charge is 0.480 e. The summed E-state index contributed by atoms with van der Waals surface area (Å²) in [4.78, 5) is 21.2. The lowest BCUT2D eigenvalue weighted by molar-refractivity contribution is 0.398. The summed E-state index contributed by atoms with van der Waals surface area (Å²) in [6, 6.07) is 11.2. The fourth-order valence-corrected chi connectivity index (χ4v) is 2.74. The van der Waals surface area contributed by atoms with E-state index < -0.39 is 0 Å². The highest BCUT2D eigenvalue weighted by Gasteiger charge is 2.10. The first kappa shape index (κ1) is 16.7. The average molecular weight is 334 g/mol. The van der Waals surface area contributed by atoms with Gasteiger partial charge in [0.2, 0.25) is 5.88 Å². The summed E-state index contributed by atoms with van der Waals surface area (Å²) in [6.07, 6.45) is 6.24. The zero-order valence-electron chi connectivity index (χ0n) is 14.0. The highest BCUT2D eigenvalue weighted by Crippen LogP contribution is 2.19. The molecule has 0 aliphatic carbocycles. The van der Waals surface area contributed by atoms with Gasteiger partial charge in [-0.3, -0.25) is 9.78 Å². The number of hydrogen-bond acceptors (Lipinski definition) is 5. The molecule has 6 nitrogen and oxygen atoms in total.